The van der Waals surface area contributed by atoms with E-state index < -0.39 is 0 Å². The maximum absolute atomic E-state index is 5.42. The van der Waals surface area contributed by atoms with E-state index in [0.717, 1.165) is 38.8 Å². The highest BCUT2D eigenvalue weighted by Crippen LogP contribution is 2.08. The van der Waals surface area contributed by atoms with Crippen LogP contribution in [0.4, 0.5) is 0 Å². The Balaban J connectivity index is 2.20. The SMILES string of the molecule is CCNCC(C)CN1CCOCC1C. The maximum Gasteiger partial charge on any atom is 0.0619 e. The zero-order valence-electron chi connectivity index (χ0n) is 9.75. The highest BCUT2D eigenvalue weighted by Gasteiger charge is 2.19. The number of ether oxygens (including phenoxy) is 1. The first-order valence-corrected chi connectivity index (χ1v) is 5.76. The Labute approximate surface area is 87.8 Å². The average molecular weight is 200 g/mol. The fourth-order valence-corrected chi connectivity index (χ4v) is 1.89. The summed E-state index contributed by atoms with van der Waals surface area (Å²) in [6.07, 6.45) is 0. The van der Waals surface area contributed by atoms with E-state index >= 15 is 0 Å². The number of nitrogens with zero attached hydrogens (tertiary/aromatic N) is 1. The summed E-state index contributed by atoms with van der Waals surface area (Å²) in [4.78, 5) is 2.53. The third-order valence-corrected chi connectivity index (χ3v) is 2.79. The molecule has 14 heavy (non-hydrogen) atoms. The van der Waals surface area contributed by atoms with Crippen molar-refractivity contribution in [3.05, 3.63) is 0 Å². The van der Waals surface area contributed by atoms with Crippen molar-refractivity contribution in [1.29, 1.82) is 0 Å². The summed E-state index contributed by atoms with van der Waals surface area (Å²) in [6.45, 7) is 13.0. The van der Waals surface area contributed by atoms with Crippen LogP contribution in [0.2, 0.25) is 0 Å². The van der Waals surface area contributed by atoms with Crippen molar-refractivity contribution in [1.82, 2.24) is 10.2 Å². The van der Waals surface area contributed by atoms with Gasteiger partial charge in [0.15, 0.2) is 0 Å². The van der Waals surface area contributed by atoms with Crippen LogP contribution in [-0.4, -0.2) is 50.3 Å². The molecule has 0 spiro atoms. The Morgan fingerprint density at radius 3 is 3.00 bits per heavy atom. The standard InChI is InChI=1S/C11H24N2O/c1-4-12-7-10(2)8-13-5-6-14-9-11(13)3/h10-12H,4-9H2,1-3H3. The first-order chi connectivity index (χ1) is 6.74. The Morgan fingerprint density at radius 2 is 2.36 bits per heavy atom. The predicted octanol–water partition coefficient (Wildman–Crippen LogP) is 0.953. The molecule has 0 aliphatic carbocycles. The minimum Gasteiger partial charge on any atom is -0.379 e. The number of rotatable bonds is 5. The Hall–Kier alpha value is -0.120. The summed E-state index contributed by atoms with van der Waals surface area (Å²) in [5.41, 5.74) is 0. The Bertz CT molecular complexity index is 152. The summed E-state index contributed by atoms with van der Waals surface area (Å²) in [5.74, 6) is 0.732. The number of morpholine rings is 1. The summed E-state index contributed by atoms with van der Waals surface area (Å²) in [6, 6.07) is 0.591. The normalized spacial score (nSPS) is 26.4. The van der Waals surface area contributed by atoms with Crippen LogP contribution >= 0.6 is 0 Å². The lowest BCUT2D eigenvalue weighted by Gasteiger charge is -2.35. The van der Waals surface area contributed by atoms with Crippen LogP contribution in [0, 0.1) is 5.92 Å². The van der Waals surface area contributed by atoms with Crippen LogP contribution in [0.3, 0.4) is 0 Å². The van der Waals surface area contributed by atoms with E-state index in [2.05, 4.69) is 31.0 Å². The van der Waals surface area contributed by atoms with E-state index in [1.54, 1.807) is 0 Å². The molecular formula is C11H24N2O. The van der Waals surface area contributed by atoms with Gasteiger partial charge in [-0.2, -0.15) is 0 Å². The van der Waals surface area contributed by atoms with Crippen LogP contribution in [0.1, 0.15) is 20.8 Å². The molecule has 2 unspecified atom stereocenters. The fourth-order valence-electron chi connectivity index (χ4n) is 1.89. The Morgan fingerprint density at radius 1 is 1.57 bits per heavy atom. The smallest absolute Gasteiger partial charge is 0.0619 e. The molecule has 1 aliphatic rings. The zero-order valence-corrected chi connectivity index (χ0v) is 9.75. The Kier molecular flexibility index (Phi) is 5.45. The van der Waals surface area contributed by atoms with Gasteiger partial charge in [0.05, 0.1) is 13.2 Å². The van der Waals surface area contributed by atoms with Crippen molar-refractivity contribution in [3.8, 4) is 0 Å². The minimum atomic E-state index is 0.591. The molecule has 0 aromatic carbocycles. The van der Waals surface area contributed by atoms with Gasteiger partial charge in [-0.25, -0.2) is 0 Å². The van der Waals surface area contributed by atoms with E-state index in [1.807, 2.05) is 0 Å². The van der Waals surface area contributed by atoms with Crippen molar-refractivity contribution < 1.29 is 4.74 Å². The molecule has 1 N–H and O–H groups in total. The summed E-state index contributed by atoms with van der Waals surface area (Å²) < 4.78 is 5.42. The van der Waals surface area contributed by atoms with Crippen LogP contribution < -0.4 is 5.32 Å². The molecule has 1 rings (SSSR count). The van der Waals surface area contributed by atoms with E-state index in [9.17, 15) is 0 Å². The van der Waals surface area contributed by atoms with Crippen molar-refractivity contribution >= 4 is 0 Å². The maximum atomic E-state index is 5.42. The summed E-state index contributed by atoms with van der Waals surface area (Å²) in [7, 11) is 0. The third kappa shape index (κ3) is 3.95. The van der Waals surface area contributed by atoms with E-state index in [0.29, 0.717) is 6.04 Å². The lowest BCUT2D eigenvalue weighted by Crippen LogP contribution is -2.46. The second-order valence-electron chi connectivity index (χ2n) is 4.33. The predicted molar refractivity (Wildman–Crippen MR) is 59.6 cm³/mol. The second-order valence-corrected chi connectivity index (χ2v) is 4.33. The van der Waals surface area contributed by atoms with Crippen LogP contribution in [-0.2, 0) is 4.74 Å². The quantitative estimate of drug-likeness (QED) is 0.715. The number of hydrogen-bond acceptors (Lipinski definition) is 3. The van der Waals surface area contributed by atoms with Crippen molar-refractivity contribution in [2.24, 2.45) is 5.92 Å². The zero-order chi connectivity index (χ0) is 10.4. The summed E-state index contributed by atoms with van der Waals surface area (Å²) >= 11 is 0. The number of hydrogen-bond donors (Lipinski definition) is 1. The van der Waals surface area contributed by atoms with Crippen LogP contribution in [0.5, 0.6) is 0 Å². The van der Waals surface area contributed by atoms with E-state index in [1.165, 1.54) is 6.54 Å². The van der Waals surface area contributed by atoms with Gasteiger partial charge in [0.1, 0.15) is 0 Å². The fraction of sp³-hybridized carbons (Fsp3) is 1.00. The highest BCUT2D eigenvalue weighted by atomic mass is 16.5. The third-order valence-electron chi connectivity index (χ3n) is 2.79. The molecular weight excluding hydrogens is 176 g/mol. The first kappa shape index (κ1) is 12.0. The minimum absolute atomic E-state index is 0.591. The topological polar surface area (TPSA) is 24.5 Å². The molecule has 0 amide bonds. The van der Waals surface area contributed by atoms with Gasteiger partial charge in [0.25, 0.3) is 0 Å². The first-order valence-electron chi connectivity index (χ1n) is 5.76. The van der Waals surface area contributed by atoms with Crippen molar-refractivity contribution in [3.63, 3.8) is 0 Å². The van der Waals surface area contributed by atoms with Gasteiger partial charge in [-0.15, -0.1) is 0 Å². The molecule has 0 aromatic rings. The largest absolute Gasteiger partial charge is 0.379 e. The molecule has 3 heteroatoms. The molecule has 1 heterocycles. The number of nitrogens with one attached hydrogen (secondary N) is 1. The molecule has 0 aromatic heterocycles. The van der Waals surface area contributed by atoms with Crippen LogP contribution in [0.25, 0.3) is 0 Å². The van der Waals surface area contributed by atoms with Gasteiger partial charge < -0.3 is 10.1 Å². The molecule has 3 nitrogen and oxygen atoms in total. The molecule has 0 radical (unpaired) electrons. The van der Waals surface area contributed by atoms with Gasteiger partial charge >= 0.3 is 0 Å². The van der Waals surface area contributed by atoms with Gasteiger partial charge in [0, 0.05) is 19.1 Å². The molecule has 2 atom stereocenters. The highest BCUT2D eigenvalue weighted by molar-refractivity contribution is 4.73. The van der Waals surface area contributed by atoms with Gasteiger partial charge in [0.2, 0.25) is 0 Å². The second kappa shape index (κ2) is 6.38. The molecule has 84 valence electrons. The van der Waals surface area contributed by atoms with Gasteiger partial charge in [-0.05, 0) is 25.9 Å². The lowest BCUT2D eigenvalue weighted by atomic mass is 10.1. The van der Waals surface area contributed by atoms with Gasteiger partial charge in [-0.1, -0.05) is 13.8 Å². The monoisotopic (exact) mass is 200 g/mol. The van der Waals surface area contributed by atoms with Gasteiger partial charge in [-0.3, -0.25) is 4.90 Å². The molecule has 0 saturated carbocycles. The summed E-state index contributed by atoms with van der Waals surface area (Å²) in [5, 5.41) is 3.39. The molecule has 1 aliphatic heterocycles. The van der Waals surface area contributed by atoms with Crippen LogP contribution in [0.15, 0.2) is 0 Å². The van der Waals surface area contributed by atoms with Crippen molar-refractivity contribution in [2.75, 3.05) is 39.4 Å². The van der Waals surface area contributed by atoms with E-state index in [4.69, 9.17) is 4.74 Å². The van der Waals surface area contributed by atoms with Crippen molar-refractivity contribution in [2.45, 2.75) is 26.8 Å². The molecule has 1 fully saturated rings. The average Bonchev–Trinajstić information content (AvgIpc) is 2.18. The van der Waals surface area contributed by atoms with E-state index in [-0.39, 0.29) is 0 Å². The lowest BCUT2D eigenvalue weighted by molar-refractivity contribution is -0.00608. The molecule has 1 saturated heterocycles. The molecule has 0 bridgehead atoms.